The summed E-state index contributed by atoms with van der Waals surface area (Å²) in [5, 5.41) is 0. The maximum atomic E-state index is 11.2. The fourth-order valence-electron chi connectivity index (χ4n) is 2.07. The summed E-state index contributed by atoms with van der Waals surface area (Å²) < 4.78 is 6.54. The fraction of sp³-hybridized carbons (Fsp3) is 0.250. The van der Waals surface area contributed by atoms with Crippen molar-refractivity contribution in [3.8, 4) is 0 Å². The number of carbonyl (C=O) groups is 1. The van der Waals surface area contributed by atoms with E-state index >= 15 is 0 Å². The van der Waals surface area contributed by atoms with Crippen molar-refractivity contribution >= 4 is 29.5 Å². The van der Waals surface area contributed by atoms with E-state index in [1.807, 2.05) is 43.3 Å². The zero-order chi connectivity index (χ0) is 17.2. The molecule has 0 radical (unpaired) electrons. The highest BCUT2D eigenvalue weighted by Crippen LogP contribution is 2.39. The van der Waals surface area contributed by atoms with Crippen LogP contribution in [-0.4, -0.2) is 12.1 Å². The zero-order valence-corrected chi connectivity index (χ0v) is 15.6. The Morgan fingerprint density at radius 3 is 1.92 bits per heavy atom. The Labute approximate surface area is 152 Å². The first kappa shape index (κ1) is 18.7. The van der Waals surface area contributed by atoms with E-state index in [-0.39, 0.29) is 12.1 Å². The summed E-state index contributed by atoms with van der Waals surface area (Å²) in [6.45, 7) is 3.50. The van der Waals surface area contributed by atoms with Crippen LogP contribution in [0.5, 0.6) is 0 Å². The van der Waals surface area contributed by atoms with Gasteiger partial charge in [-0.1, -0.05) is 72.9 Å². The first-order chi connectivity index (χ1) is 11.7. The van der Waals surface area contributed by atoms with Gasteiger partial charge in [0.15, 0.2) is 0 Å². The van der Waals surface area contributed by atoms with Gasteiger partial charge in [0.25, 0.3) is 0 Å². The van der Waals surface area contributed by atoms with E-state index < -0.39 is 0 Å². The number of hydrogen-bond acceptors (Lipinski definition) is 4. The fourth-order valence-corrected chi connectivity index (χ4v) is 4.23. The lowest BCUT2D eigenvalue weighted by Gasteiger charge is -2.14. The molecule has 0 spiro atoms. The average molecular weight is 359 g/mol. The Kier molecular flexibility index (Phi) is 7.99. The summed E-state index contributed by atoms with van der Waals surface area (Å²) in [6, 6.07) is 20.6. The third-order valence-electron chi connectivity index (χ3n) is 3.26. The smallest absolute Gasteiger partial charge is 0.302 e. The summed E-state index contributed by atoms with van der Waals surface area (Å²) in [4.78, 5) is 13.6. The van der Waals surface area contributed by atoms with Gasteiger partial charge in [-0.2, -0.15) is 0 Å². The van der Waals surface area contributed by atoms with Crippen molar-refractivity contribution in [3.05, 3.63) is 71.0 Å². The molecular formula is C20H22O2S2. The number of thioether (sulfide) groups is 2. The number of benzene rings is 2. The molecule has 0 N–H and O–H groups in total. The van der Waals surface area contributed by atoms with Gasteiger partial charge in [0, 0.05) is 27.4 Å². The quantitative estimate of drug-likeness (QED) is 0.418. The van der Waals surface area contributed by atoms with Crippen molar-refractivity contribution < 1.29 is 9.53 Å². The van der Waals surface area contributed by atoms with Crippen molar-refractivity contribution in [2.75, 3.05) is 0 Å². The van der Waals surface area contributed by atoms with Crippen LogP contribution < -0.4 is 0 Å². The molecule has 0 aliphatic carbocycles. The maximum Gasteiger partial charge on any atom is 0.302 e. The van der Waals surface area contributed by atoms with Crippen LogP contribution >= 0.6 is 23.5 Å². The molecule has 0 aromatic heterocycles. The summed E-state index contributed by atoms with van der Waals surface area (Å²) in [6.07, 6.45) is 3.65. The lowest BCUT2D eigenvalue weighted by atomic mass is 10.2. The molecule has 4 heteroatoms. The van der Waals surface area contributed by atoms with Crippen molar-refractivity contribution in [1.29, 1.82) is 0 Å². The number of rotatable bonds is 8. The zero-order valence-electron chi connectivity index (χ0n) is 14.0. The second kappa shape index (κ2) is 10.3. The molecule has 0 saturated heterocycles. The Bertz CT molecular complexity index is 610. The Morgan fingerprint density at radius 2 is 1.50 bits per heavy atom. The van der Waals surface area contributed by atoms with Gasteiger partial charge in [0.05, 0.1) is 0 Å². The van der Waals surface area contributed by atoms with E-state index in [2.05, 4.69) is 30.3 Å². The van der Waals surface area contributed by atoms with Crippen LogP contribution in [0.4, 0.5) is 0 Å². The Morgan fingerprint density at radius 1 is 1.00 bits per heavy atom. The molecule has 0 heterocycles. The highest BCUT2D eigenvalue weighted by atomic mass is 32.2. The number of ether oxygens (including phenoxy) is 1. The van der Waals surface area contributed by atoms with Gasteiger partial charge in [-0.15, -0.1) is 0 Å². The van der Waals surface area contributed by atoms with Crippen molar-refractivity contribution in [2.45, 2.75) is 42.6 Å². The average Bonchev–Trinajstić information content (AvgIpc) is 2.60. The van der Waals surface area contributed by atoms with Crippen molar-refractivity contribution in [1.82, 2.24) is 0 Å². The number of esters is 1. The highest BCUT2D eigenvalue weighted by Gasteiger charge is 2.10. The molecule has 2 aromatic rings. The number of carbonyl (C=O) groups excluding carboxylic acids is 1. The molecule has 0 saturated carbocycles. The van der Waals surface area contributed by atoms with Gasteiger partial charge in [-0.3, -0.25) is 4.79 Å². The predicted octanol–water partition coefficient (Wildman–Crippen LogP) is 6.14. The summed E-state index contributed by atoms with van der Waals surface area (Å²) in [5.41, 5.74) is 0. The van der Waals surface area contributed by atoms with Gasteiger partial charge in [-0.05, 0) is 30.7 Å². The van der Waals surface area contributed by atoms with Crippen LogP contribution in [0.15, 0.2) is 80.8 Å². The summed E-state index contributed by atoms with van der Waals surface area (Å²) >= 11 is 3.48. The molecule has 1 atom stereocenters. The van der Waals surface area contributed by atoms with Crippen LogP contribution in [0.2, 0.25) is 0 Å². The lowest BCUT2D eigenvalue weighted by molar-refractivity contribution is -0.146. The van der Waals surface area contributed by atoms with Crippen LogP contribution in [-0.2, 0) is 9.53 Å². The molecule has 0 bridgehead atoms. The Balaban J connectivity index is 2.11. The van der Waals surface area contributed by atoms with Gasteiger partial charge in [0.2, 0.25) is 0 Å². The second-order valence-corrected chi connectivity index (χ2v) is 7.72. The predicted molar refractivity (Wildman–Crippen MR) is 103 cm³/mol. The molecule has 0 fully saturated rings. The number of hydrogen-bond donors (Lipinski definition) is 0. The third kappa shape index (κ3) is 6.85. The first-order valence-electron chi connectivity index (χ1n) is 8.00. The van der Waals surface area contributed by atoms with E-state index in [4.69, 9.17) is 4.74 Å². The molecule has 0 amide bonds. The van der Waals surface area contributed by atoms with E-state index in [0.717, 1.165) is 12.8 Å². The van der Waals surface area contributed by atoms with Crippen molar-refractivity contribution in [3.63, 3.8) is 0 Å². The topological polar surface area (TPSA) is 26.3 Å². The molecule has 2 nitrogen and oxygen atoms in total. The molecule has 2 rings (SSSR count). The van der Waals surface area contributed by atoms with Crippen LogP contribution in [0.3, 0.4) is 0 Å². The van der Waals surface area contributed by atoms with Crippen LogP contribution in [0.1, 0.15) is 26.7 Å². The van der Waals surface area contributed by atoms with Crippen LogP contribution in [0.25, 0.3) is 0 Å². The Hall–Kier alpha value is -1.65. The normalized spacial score (nSPS) is 11.6. The van der Waals surface area contributed by atoms with Gasteiger partial charge >= 0.3 is 5.97 Å². The summed E-state index contributed by atoms with van der Waals surface area (Å²) in [7, 11) is 0. The monoisotopic (exact) mass is 358 g/mol. The molecule has 2 aromatic carbocycles. The first-order valence-corrected chi connectivity index (χ1v) is 9.64. The third-order valence-corrected chi connectivity index (χ3v) is 5.51. The highest BCUT2D eigenvalue weighted by molar-refractivity contribution is 8.22. The minimum Gasteiger partial charge on any atom is -0.462 e. The van der Waals surface area contributed by atoms with Gasteiger partial charge in [-0.25, -0.2) is 0 Å². The van der Waals surface area contributed by atoms with Gasteiger partial charge in [0.1, 0.15) is 6.10 Å². The van der Waals surface area contributed by atoms with Gasteiger partial charge < -0.3 is 4.74 Å². The van der Waals surface area contributed by atoms with Crippen molar-refractivity contribution in [2.24, 2.45) is 0 Å². The molecule has 24 heavy (non-hydrogen) atoms. The van der Waals surface area contributed by atoms with Crippen LogP contribution in [0, 0.1) is 0 Å². The van der Waals surface area contributed by atoms with E-state index in [1.54, 1.807) is 23.5 Å². The van der Waals surface area contributed by atoms with E-state index in [1.165, 1.54) is 21.0 Å². The molecular weight excluding hydrogens is 336 g/mol. The van der Waals surface area contributed by atoms with E-state index in [9.17, 15) is 4.79 Å². The summed E-state index contributed by atoms with van der Waals surface area (Å²) in [5.74, 6) is -0.219. The lowest BCUT2D eigenvalue weighted by Crippen LogP contribution is -2.14. The SMILES string of the molecule is CCC(CC=C(Sc1ccccc1)Sc1ccccc1)OC(C)=O. The maximum absolute atomic E-state index is 11.2. The molecule has 0 aliphatic rings. The largest absolute Gasteiger partial charge is 0.462 e. The second-order valence-electron chi connectivity index (χ2n) is 5.23. The molecule has 0 aliphatic heterocycles. The molecule has 126 valence electrons. The standard InChI is InChI=1S/C20H22O2S2/c1-3-17(22-16(2)21)14-15-20(23-18-10-6-4-7-11-18)24-19-12-8-5-9-13-19/h4-13,15,17H,3,14H2,1-2H3. The molecule has 1 unspecified atom stereocenters. The minimum absolute atomic E-state index is 0.0646. The minimum atomic E-state index is -0.219. The van der Waals surface area contributed by atoms with E-state index in [0.29, 0.717) is 0 Å².